The minimum absolute atomic E-state index is 0.363. The molecule has 2 aromatic carbocycles. The lowest BCUT2D eigenvalue weighted by atomic mass is 10.0. The summed E-state index contributed by atoms with van der Waals surface area (Å²) in [5.74, 6) is -0.363. The van der Waals surface area contributed by atoms with Gasteiger partial charge in [-0.25, -0.2) is 9.37 Å². The van der Waals surface area contributed by atoms with E-state index in [2.05, 4.69) is 4.98 Å². The van der Waals surface area contributed by atoms with E-state index in [0.29, 0.717) is 26.5 Å². The first-order valence-electron chi connectivity index (χ1n) is 6.67. The Morgan fingerprint density at radius 1 is 1.18 bits per heavy atom. The van der Waals surface area contributed by atoms with E-state index in [4.69, 9.17) is 11.6 Å². The Balaban J connectivity index is 2.37. The Hall–Kier alpha value is -1.78. The van der Waals surface area contributed by atoms with E-state index >= 15 is 0 Å². The zero-order valence-electron chi connectivity index (χ0n) is 12.1. The maximum Gasteiger partial charge on any atom is 0.125 e. The Labute approximate surface area is 135 Å². The summed E-state index contributed by atoms with van der Waals surface area (Å²) in [7, 11) is -1.15. The SMILES string of the molecule is Cc1c(-c2ccccc2S(C)=O)nc2cc(F)ccc2c1Cl. The van der Waals surface area contributed by atoms with Crippen molar-refractivity contribution in [3.63, 3.8) is 0 Å². The molecule has 2 nitrogen and oxygen atoms in total. The average molecular weight is 334 g/mol. The second kappa shape index (κ2) is 5.78. The van der Waals surface area contributed by atoms with Crippen LogP contribution >= 0.6 is 11.6 Å². The number of benzene rings is 2. The van der Waals surface area contributed by atoms with Crippen LogP contribution in [0.2, 0.25) is 5.02 Å². The molecule has 0 saturated carbocycles. The number of hydrogen-bond donors (Lipinski definition) is 0. The van der Waals surface area contributed by atoms with Gasteiger partial charge in [0.2, 0.25) is 0 Å². The molecule has 0 N–H and O–H groups in total. The number of pyridine rings is 1. The summed E-state index contributed by atoms with van der Waals surface area (Å²) in [6.45, 7) is 1.86. The van der Waals surface area contributed by atoms with Gasteiger partial charge in [0.05, 0.1) is 27.0 Å². The van der Waals surface area contributed by atoms with Crippen LogP contribution in [0.3, 0.4) is 0 Å². The lowest BCUT2D eigenvalue weighted by Crippen LogP contribution is -1.97. The zero-order chi connectivity index (χ0) is 15.9. The number of halogens is 2. The second-order valence-electron chi connectivity index (χ2n) is 5.01. The molecule has 5 heteroatoms. The third kappa shape index (κ3) is 2.53. The normalized spacial score (nSPS) is 12.5. The van der Waals surface area contributed by atoms with Gasteiger partial charge in [0.1, 0.15) is 5.82 Å². The van der Waals surface area contributed by atoms with Gasteiger partial charge in [-0.1, -0.05) is 29.8 Å². The molecule has 0 saturated heterocycles. The highest BCUT2D eigenvalue weighted by atomic mass is 35.5. The van der Waals surface area contributed by atoms with E-state index in [1.54, 1.807) is 18.4 Å². The van der Waals surface area contributed by atoms with Gasteiger partial charge in [-0.2, -0.15) is 0 Å². The van der Waals surface area contributed by atoms with Crippen molar-refractivity contribution in [1.82, 2.24) is 4.98 Å². The smallest absolute Gasteiger partial charge is 0.125 e. The predicted octanol–water partition coefficient (Wildman–Crippen LogP) is 4.74. The van der Waals surface area contributed by atoms with Crippen molar-refractivity contribution < 1.29 is 8.60 Å². The molecule has 0 aliphatic rings. The lowest BCUT2D eigenvalue weighted by molar-refractivity contribution is 0.629. The summed E-state index contributed by atoms with van der Waals surface area (Å²) in [4.78, 5) is 5.24. The van der Waals surface area contributed by atoms with Gasteiger partial charge < -0.3 is 0 Å². The molecule has 0 fully saturated rings. The van der Waals surface area contributed by atoms with Crippen LogP contribution in [0.5, 0.6) is 0 Å². The monoisotopic (exact) mass is 333 g/mol. The van der Waals surface area contributed by atoms with E-state index < -0.39 is 10.8 Å². The quantitative estimate of drug-likeness (QED) is 0.678. The molecule has 112 valence electrons. The summed E-state index contributed by atoms with van der Waals surface area (Å²) in [5, 5.41) is 1.25. The molecule has 0 bridgehead atoms. The third-order valence-corrected chi connectivity index (χ3v) is 5.03. The molecule has 1 aromatic heterocycles. The van der Waals surface area contributed by atoms with Gasteiger partial charge >= 0.3 is 0 Å². The first kappa shape index (κ1) is 15.1. The molecule has 1 atom stereocenters. The lowest BCUT2D eigenvalue weighted by Gasteiger charge is -2.13. The molecule has 0 aliphatic heterocycles. The fourth-order valence-electron chi connectivity index (χ4n) is 2.47. The molecule has 0 radical (unpaired) electrons. The minimum atomic E-state index is -1.15. The zero-order valence-corrected chi connectivity index (χ0v) is 13.6. The molecule has 0 spiro atoms. The maximum absolute atomic E-state index is 13.5. The van der Waals surface area contributed by atoms with Crippen molar-refractivity contribution in [3.05, 3.63) is 58.9 Å². The number of aromatic nitrogens is 1. The summed E-state index contributed by atoms with van der Waals surface area (Å²) in [6, 6.07) is 11.7. The number of fused-ring (bicyclic) bond motifs is 1. The largest absolute Gasteiger partial charge is 0.255 e. The van der Waals surface area contributed by atoms with Gasteiger partial charge in [-0.15, -0.1) is 0 Å². The molecule has 1 heterocycles. The van der Waals surface area contributed by atoms with Crippen LogP contribution in [0.1, 0.15) is 5.56 Å². The number of rotatable bonds is 2. The van der Waals surface area contributed by atoms with E-state index in [-0.39, 0.29) is 5.82 Å². The van der Waals surface area contributed by atoms with Crippen LogP contribution in [0.25, 0.3) is 22.2 Å². The first-order chi connectivity index (χ1) is 10.5. The molecular formula is C17H13ClFNOS. The highest BCUT2D eigenvalue weighted by Gasteiger charge is 2.16. The minimum Gasteiger partial charge on any atom is -0.255 e. The molecule has 0 aliphatic carbocycles. The summed E-state index contributed by atoms with van der Waals surface area (Å²) >= 11 is 6.43. The third-order valence-electron chi connectivity index (χ3n) is 3.56. The topological polar surface area (TPSA) is 30.0 Å². The van der Waals surface area contributed by atoms with Gasteiger partial charge in [-0.3, -0.25) is 4.21 Å². The molecular weight excluding hydrogens is 321 g/mol. The standard InChI is InChI=1S/C17H13ClFNOS/c1-10-16(18)12-8-7-11(19)9-14(12)20-17(10)13-5-3-4-6-15(13)22(2)21/h3-9H,1-2H3. The average Bonchev–Trinajstić information content (AvgIpc) is 2.50. The summed E-state index contributed by atoms with van der Waals surface area (Å²) < 4.78 is 25.4. The van der Waals surface area contributed by atoms with Crippen molar-refractivity contribution in [1.29, 1.82) is 0 Å². The van der Waals surface area contributed by atoms with Gasteiger partial charge in [0, 0.05) is 28.2 Å². The fourth-order valence-corrected chi connectivity index (χ4v) is 3.46. The maximum atomic E-state index is 13.5. The second-order valence-corrected chi connectivity index (χ2v) is 6.74. The van der Waals surface area contributed by atoms with E-state index in [1.807, 2.05) is 25.1 Å². The van der Waals surface area contributed by atoms with E-state index in [9.17, 15) is 8.60 Å². The summed E-state index contributed by atoms with van der Waals surface area (Å²) in [5.41, 5.74) is 2.67. The van der Waals surface area contributed by atoms with E-state index in [1.165, 1.54) is 12.1 Å². The van der Waals surface area contributed by atoms with Crippen LogP contribution in [0.15, 0.2) is 47.4 Å². The van der Waals surface area contributed by atoms with Crippen LogP contribution < -0.4 is 0 Å². The van der Waals surface area contributed by atoms with Crippen LogP contribution in [-0.4, -0.2) is 15.4 Å². The molecule has 3 rings (SSSR count). The van der Waals surface area contributed by atoms with Gasteiger partial charge in [0.25, 0.3) is 0 Å². The summed E-state index contributed by atoms with van der Waals surface area (Å²) in [6.07, 6.45) is 1.62. The van der Waals surface area contributed by atoms with Gasteiger partial charge in [0.15, 0.2) is 0 Å². The van der Waals surface area contributed by atoms with Crippen molar-refractivity contribution >= 4 is 33.3 Å². The highest BCUT2D eigenvalue weighted by Crippen LogP contribution is 2.35. The number of nitrogens with zero attached hydrogens (tertiary/aromatic N) is 1. The Kier molecular flexibility index (Phi) is 3.98. The Morgan fingerprint density at radius 2 is 1.91 bits per heavy atom. The fraction of sp³-hybridized carbons (Fsp3) is 0.118. The van der Waals surface area contributed by atoms with Crippen LogP contribution in [-0.2, 0) is 10.8 Å². The van der Waals surface area contributed by atoms with Crippen molar-refractivity contribution in [2.45, 2.75) is 11.8 Å². The van der Waals surface area contributed by atoms with Crippen molar-refractivity contribution in [3.8, 4) is 11.3 Å². The molecule has 0 amide bonds. The van der Waals surface area contributed by atoms with Crippen LogP contribution in [0, 0.1) is 12.7 Å². The Morgan fingerprint density at radius 3 is 2.64 bits per heavy atom. The van der Waals surface area contributed by atoms with Crippen molar-refractivity contribution in [2.75, 3.05) is 6.26 Å². The predicted molar refractivity (Wildman–Crippen MR) is 89.2 cm³/mol. The number of hydrogen-bond acceptors (Lipinski definition) is 2. The highest BCUT2D eigenvalue weighted by molar-refractivity contribution is 7.84. The van der Waals surface area contributed by atoms with Crippen LogP contribution in [0.4, 0.5) is 4.39 Å². The first-order valence-corrected chi connectivity index (χ1v) is 8.61. The molecule has 1 unspecified atom stereocenters. The molecule has 3 aromatic rings. The van der Waals surface area contributed by atoms with Gasteiger partial charge in [-0.05, 0) is 30.7 Å². The Bertz CT molecular complexity index is 911. The van der Waals surface area contributed by atoms with Crippen molar-refractivity contribution in [2.24, 2.45) is 0 Å². The molecule has 22 heavy (non-hydrogen) atoms. The van der Waals surface area contributed by atoms with E-state index in [0.717, 1.165) is 11.1 Å².